The molecule has 0 radical (unpaired) electrons. The molecule has 98 valence electrons. The third-order valence-electron chi connectivity index (χ3n) is 3.82. The number of hydrogen-bond donors (Lipinski definition) is 2. The monoisotopic (exact) mass is 240 g/mol. The van der Waals surface area contributed by atoms with Gasteiger partial charge in [-0.2, -0.15) is 0 Å². The van der Waals surface area contributed by atoms with Crippen LogP contribution in [0.15, 0.2) is 0 Å². The summed E-state index contributed by atoms with van der Waals surface area (Å²) in [5.41, 5.74) is 0. The fraction of sp³-hybridized carbons (Fsp3) is 0.923. The normalized spacial score (nSPS) is 34.3. The SMILES string of the molecule is CC1CNCCC1NC(=O)CC1CCCCO1. The van der Waals surface area contributed by atoms with Gasteiger partial charge in [0.2, 0.25) is 5.91 Å². The molecule has 4 nitrogen and oxygen atoms in total. The molecule has 0 aliphatic carbocycles. The molecule has 0 saturated carbocycles. The highest BCUT2D eigenvalue weighted by atomic mass is 16.5. The predicted octanol–water partition coefficient (Wildman–Crippen LogP) is 1.06. The van der Waals surface area contributed by atoms with Gasteiger partial charge < -0.3 is 15.4 Å². The molecule has 3 atom stereocenters. The number of nitrogens with one attached hydrogen (secondary N) is 2. The largest absolute Gasteiger partial charge is 0.378 e. The Labute approximate surface area is 103 Å². The molecule has 2 heterocycles. The van der Waals surface area contributed by atoms with Crippen molar-refractivity contribution in [1.82, 2.24) is 10.6 Å². The van der Waals surface area contributed by atoms with Crippen LogP contribution in [0.2, 0.25) is 0 Å². The molecule has 2 rings (SSSR count). The summed E-state index contributed by atoms with van der Waals surface area (Å²) in [6, 6.07) is 0.340. The van der Waals surface area contributed by atoms with Gasteiger partial charge in [-0.25, -0.2) is 0 Å². The molecule has 0 bridgehead atoms. The summed E-state index contributed by atoms with van der Waals surface area (Å²) in [6.07, 6.45) is 5.11. The zero-order valence-corrected chi connectivity index (χ0v) is 10.7. The van der Waals surface area contributed by atoms with E-state index in [1.54, 1.807) is 0 Å². The van der Waals surface area contributed by atoms with E-state index in [-0.39, 0.29) is 12.0 Å². The summed E-state index contributed by atoms with van der Waals surface area (Å²) < 4.78 is 5.59. The second kappa shape index (κ2) is 6.36. The van der Waals surface area contributed by atoms with Crippen molar-refractivity contribution in [2.45, 2.75) is 51.2 Å². The average molecular weight is 240 g/mol. The van der Waals surface area contributed by atoms with Gasteiger partial charge in [-0.15, -0.1) is 0 Å². The minimum Gasteiger partial charge on any atom is -0.378 e. The van der Waals surface area contributed by atoms with E-state index in [1.807, 2.05) is 0 Å². The summed E-state index contributed by atoms with van der Waals surface area (Å²) in [4.78, 5) is 11.9. The minimum absolute atomic E-state index is 0.153. The number of rotatable bonds is 3. The molecule has 3 unspecified atom stereocenters. The molecule has 0 aromatic heterocycles. The first kappa shape index (κ1) is 12.8. The zero-order valence-electron chi connectivity index (χ0n) is 10.7. The first-order chi connectivity index (χ1) is 8.25. The van der Waals surface area contributed by atoms with E-state index in [0.717, 1.165) is 39.0 Å². The van der Waals surface area contributed by atoms with Crippen molar-refractivity contribution in [2.75, 3.05) is 19.7 Å². The van der Waals surface area contributed by atoms with E-state index >= 15 is 0 Å². The second-order valence-electron chi connectivity index (χ2n) is 5.34. The Balaban J connectivity index is 1.72. The molecule has 0 spiro atoms. The van der Waals surface area contributed by atoms with Crippen molar-refractivity contribution in [3.05, 3.63) is 0 Å². The van der Waals surface area contributed by atoms with E-state index in [1.165, 1.54) is 6.42 Å². The van der Waals surface area contributed by atoms with Crippen LogP contribution in [0.5, 0.6) is 0 Å². The lowest BCUT2D eigenvalue weighted by molar-refractivity contribution is -0.126. The second-order valence-corrected chi connectivity index (χ2v) is 5.34. The zero-order chi connectivity index (χ0) is 12.1. The van der Waals surface area contributed by atoms with E-state index in [2.05, 4.69) is 17.6 Å². The maximum atomic E-state index is 11.9. The predicted molar refractivity (Wildman–Crippen MR) is 66.8 cm³/mol. The summed E-state index contributed by atoms with van der Waals surface area (Å²) in [5.74, 6) is 0.690. The number of ether oxygens (including phenoxy) is 1. The lowest BCUT2D eigenvalue weighted by Gasteiger charge is -2.31. The molecular weight excluding hydrogens is 216 g/mol. The lowest BCUT2D eigenvalue weighted by atomic mass is 9.95. The van der Waals surface area contributed by atoms with Crippen LogP contribution in [0, 0.1) is 5.92 Å². The van der Waals surface area contributed by atoms with Gasteiger partial charge in [0.25, 0.3) is 0 Å². The number of carbonyl (C=O) groups is 1. The van der Waals surface area contributed by atoms with E-state index < -0.39 is 0 Å². The maximum absolute atomic E-state index is 11.9. The third-order valence-corrected chi connectivity index (χ3v) is 3.82. The van der Waals surface area contributed by atoms with Gasteiger partial charge in [0.15, 0.2) is 0 Å². The standard InChI is InChI=1S/C13H24N2O2/c1-10-9-14-6-5-12(10)15-13(16)8-11-4-2-3-7-17-11/h10-12,14H,2-9H2,1H3,(H,15,16). The first-order valence-corrected chi connectivity index (χ1v) is 6.87. The van der Waals surface area contributed by atoms with Gasteiger partial charge in [0, 0.05) is 12.6 Å². The Bertz CT molecular complexity index is 252. The molecule has 0 aromatic carbocycles. The minimum atomic E-state index is 0.153. The molecule has 2 saturated heterocycles. The molecule has 0 aromatic rings. The van der Waals surface area contributed by atoms with Crippen LogP contribution in [0.3, 0.4) is 0 Å². The molecule has 2 aliphatic rings. The fourth-order valence-electron chi connectivity index (χ4n) is 2.67. The van der Waals surface area contributed by atoms with Gasteiger partial charge in [-0.1, -0.05) is 6.92 Å². The van der Waals surface area contributed by atoms with Crippen LogP contribution in [0.1, 0.15) is 39.0 Å². The van der Waals surface area contributed by atoms with Crippen LogP contribution in [0.4, 0.5) is 0 Å². The molecule has 2 fully saturated rings. The van der Waals surface area contributed by atoms with Crippen LogP contribution >= 0.6 is 0 Å². The van der Waals surface area contributed by atoms with Crippen LogP contribution in [0.25, 0.3) is 0 Å². The lowest BCUT2D eigenvalue weighted by Crippen LogP contribution is -2.49. The van der Waals surface area contributed by atoms with Crippen molar-refractivity contribution in [1.29, 1.82) is 0 Å². The molecule has 2 aliphatic heterocycles. The topological polar surface area (TPSA) is 50.4 Å². The highest BCUT2D eigenvalue weighted by Crippen LogP contribution is 2.16. The van der Waals surface area contributed by atoms with Crippen molar-refractivity contribution in [2.24, 2.45) is 5.92 Å². The van der Waals surface area contributed by atoms with Crippen LogP contribution in [-0.4, -0.2) is 37.7 Å². The molecule has 4 heteroatoms. The fourth-order valence-corrected chi connectivity index (χ4v) is 2.67. The smallest absolute Gasteiger partial charge is 0.222 e. The third kappa shape index (κ3) is 3.96. The molecule has 1 amide bonds. The molecule has 2 N–H and O–H groups in total. The molecule has 17 heavy (non-hydrogen) atoms. The Morgan fingerprint density at radius 3 is 3.00 bits per heavy atom. The van der Waals surface area contributed by atoms with Gasteiger partial charge in [0.1, 0.15) is 0 Å². The van der Waals surface area contributed by atoms with Gasteiger partial charge in [0.05, 0.1) is 12.5 Å². The van der Waals surface area contributed by atoms with Crippen molar-refractivity contribution in [3.8, 4) is 0 Å². The van der Waals surface area contributed by atoms with Crippen LogP contribution < -0.4 is 10.6 Å². The Kier molecular flexibility index (Phi) is 4.80. The van der Waals surface area contributed by atoms with Gasteiger partial charge in [-0.05, 0) is 44.7 Å². The van der Waals surface area contributed by atoms with Crippen molar-refractivity contribution < 1.29 is 9.53 Å². The van der Waals surface area contributed by atoms with Crippen molar-refractivity contribution in [3.63, 3.8) is 0 Å². The van der Waals surface area contributed by atoms with E-state index in [0.29, 0.717) is 18.4 Å². The van der Waals surface area contributed by atoms with Gasteiger partial charge in [-0.3, -0.25) is 4.79 Å². The average Bonchev–Trinajstić information content (AvgIpc) is 2.33. The summed E-state index contributed by atoms with van der Waals surface area (Å²) >= 11 is 0. The highest BCUT2D eigenvalue weighted by Gasteiger charge is 2.24. The number of carbonyl (C=O) groups excluding carboxylic acids is 1. The summed E-state index contributed by atoms with van der Waals surface area (Å²) in [5, 5.41) is 6.50. The summed E-state index contributed by atoms with van der Waals surface area (Å²) in [6.45, 7) is 5.02. The Morgan fingerprint density at radius 1 is 1.41 bits per heavy atom. The maximum Gasteiger partial charge on any atom is 0.222 e. The van der Waals surface area contributed by atoms with E-state index in [9.17, 15) is 4.79 Å². The number of piperidine rings is 1. The number of hydrogen-bond acceptors (Lipinski definition) is 3. The van der Waals surface area contributed by atoms with Crippen LogP contribution in [-0.2, 0) is 9.53 Å². The van der Waals surface area contributed by atoms with Crippen molar-refractivity contribution >= 4 is 5.91 Å². The summed E-state index contributed by atoms with van der Waals surface area (Å²) in [7, 11) is 0. The quantitative estimate of drug-likeness (QED) is 0.775. The van der Waals surface area contributed by atoms with E-state index in [4.69, 9.17) is 4.74 Å². The Morgan fingerprint density at radius 2 is 2.29 bits per heavy atom. The van der Waals surface area contributed by atoms with Gasteiger partial charge >= 0.3 is 0 Å². The highest BCUT2D eigenvalue weighted by molar-refractivity contribution is 5.76. The molecular formula is C13H24N2O2. The first-order valence-electron chi connectivity index (χ1n) is 6.87. The Hall–Kier alpha value is -0.610. The number of amides is 1.